The van der Waals surface area contributed by atoms with Crippen LogP contribution in [-0.4, -0.2) is 53.6 Å². The van der Waals surface area contributed by atoms with E-state index in [1.165, 1.54) is 0 Å². The molecule has 5 heteroatoms. The molecule has 17 heavy (non-hydrogen) atoms. The van der Waals surface area contributed by atoms with E-state index in [0.717, 1.165) is 37.2 Å². The standard InChI is InChI=1S/C12H19N5/c1-16(2)9-7-13-8-10-17-12-6-4-3-5-11(12)14-15-17/h3-6,13H,7-10H2,1-2H3. The second-order valence-electron chi connectivity index (χ2n) is 4.35. The molecular weight excluding hydrogens is 214 g/mol. The van der Waals surface area contributed by atoms with Crippen molar-refractivity contribution in [2.75, 3.05) is 33.7 Å². The molecule has 0 aliphatic carbocycles. The minimum Gasteiger partial charge on any atom is -0.314 e. The van der Waals surface area contributed by atoms with Crippen LogP contribution in [0.1, 0.15) is 0 Å². The maximum Gasteiger partial charge on any atom is 0.113 e. The van der Waals surface area contributed by atoms with Gasteiger partial charge in [0.2, 0.25) is 0 Å². The second-order valence-corrected chi connectivity index (χ2v) is 4.35. The van der Waals surface area contributed by atoms with Gasteiger partial charge in [-0.3, -0.25) is 0 Å². The van der Waals surface area contributed by atoms with Crippen LogP contribution in [0.4, 0.5) is 0 Å². The third kappa shape index (κ3) is 3.25. The number of hydrogen-bond donors (Lipinski definition) is 1. The highest BCUT2D eigenvalue weighted by Crippen LogP contribution is 2.08. The number of hydrogen-bond acceptors (Lipinski definition) is 4. The fourth-order valence-corrected chi connectivity index (χ4v) is 1.70. The zero-order valence-corrected chi connectivity index (χ0v) is 10.4. The predicted molar refractivity (Wildman–Crippen MR) is 69.0 cm³/mol. The summed E-state index contributed by atoms with van der Waals surface area (Å²) in [4.78, 5) is 2.16. The number of fused-ring (bicyclic) bond motifs is 1. The van der Waals surface area contributed by atoms with Crippen LogP contribution in [-0.2, 0) is 6.54 Å². The van der Waals surface area contributed by atoms with Crippen molar-refractivity contribution in [3.8, 4) is 0 Å². The molecule has 92 valence electrons. The van der Waals surface area contributed by atoms with Crippen LogP contribution in [0.25, 0.3) is 11.0 Å². The molecule has 0 aliphatic rings. The van der Waals surface area contributed by atoms with Gasteiger partial charge in [0, 0.05) is 19.6 Å². The van der Waals surface area contributed by atoms with Gasteiger partial charge in [-0.1, -0.05) is 17.3 Å². The molecule has 1 N–H and O–H groups in total. The summed E-state index contributed by atoms with van der Waals surface area (Å²) < 4.78 is 1.94. The Morgan fingerprint density at radius 1 is 1.24 bits per heavy atom. The Morgan fingerprint density at radius 2 is 2.06 bits per heavy atom. The zero-order valence-electron chi connectivity index (χ0n) is 10.4. The Kier molecular flexibility index (Phi) is 4.06. The van der Waals surface area contributed by atoms with E-state index >= 15 is 0 Å². The lowest BCUT2D eigenvalue weighted by Crippen LogP contribution is -2.29. The monoisotopic (exact) mass is 233 g/mol. The van der Waals surface area contributed by atoms with Crippen LogP contribution in [0.2, 0.25) is 0 Å². The van der Waals surface area contributed by atoms with E-state index in [1.807, 2.05) is 22.9 Å². The molecule has 1 aromatic carbocycles. The van der Waals surface area contributed by atoms with Crippen molar-refractivity contribution >= 4 is 11.0 Å². The van der Waals surface area contributed by atoms with Crippen LogP contribution >= 0.6 is 0 Å². The number of para-hydroxylation sites is 1. The Hall–Kier alpha value is -1.46. The Morgan fingerprint density at radius 3 is 2.88 bits per heavy atom. The van der Waals surface area contributed by atoms with Gasteiger partial charge in [-0.15, -0.1) is 5.10 Å². The van der Waals surface area contributed by atoms with E-state index in [4.69, 9.17) is 0 Å². The van der Waals surface area contributed by atoms with E-state index in [1.54, 1.807) is 0 Å². The predicted octanol–water partition coefficient (Wildman–Crippen LogP) is 0.583. The largest absolute Gasteiger partial charge is 0.314 e. The molecule has 0 spiro atoms. The first-order chi connectivity index (χ1) is 8.27. The molecule has 0 saturated heterocycles. The number of benzene rings is 1. The van der Waals surface area contributed by atoms with E-state index in [-0.39, 0.29) is 0 Å². The lowest BCUT2D eigenvalue weighted by atomic mass is 10.3. The van der Waals surface area contributed by atoms with Crippen molar-refractivity contribution in [1.82, 2.24) is 25.2 Å². The summed E-state index contributed by atoms with van der Waals surface area (Å²) >= 11 is 0. The molecule has 1 heterocycles. The van der Waals surface area contributed by atoms with E-state index in [0.29, 0.717) is 0 Å². The molecular formula is C12H19N5. The molecule has 5 nitrogen and oxygen atoms in total. The van der Waals surface area contributed by atoms with Gasteiger partial charge in [-0.25, -0.2) is 4.68 Å². The number of nitrogens with zero attached hydrogens (tertiary/aromatic N) is 4. The van der Waals surface area contributed by atoms with Crippen molar-refractivity contribution in [3.63, 3.8) is 0 Å². The van der Waals surface area contributed by atoms with E-state index in [9.17, 15) is 0 Å². The molecule has 0 bridgehead atoms. The maximum absolute atomic E-state index is 4.14. The van der Waals surface area contributed by atoms with Crippen molar-refractivity contribution in [2.45, 2.75) is 6.54 Å². The topological polar surface area (TPSA) is 46.0 Å². The van der Waals surface area contributed by atoms with Crippen LogP contribution in [0.3, 0.4) is 0 Å². The quantitative estimate of drug-likeness (QED) is 0.742. The third-order valence-electron chi connectivity index (χ3n) is 2.66. The summed E-state index contributed by atoms with van der Waals surface area (Å²) in [5.74, 6) is 0. The van der Waals surface area contributed by atoms with Crippen LogP contribution in [0.15, 0.2) is 24.3 Å². The first-order valence-corrected chi connectivity index (χ1v) is 5.91. The zero-order chi connectivity index (χ0) is 12.1. The molecule has 0 atom stereocenters. The highest BCUT2D eigenvalue weighted by atomic mass is 15.4. The van der Waals surface area contributed by atoms with Gasteiger partial charge in [0.25, 0.3) is 0 Å². The molecule has 0 amide bonds. The molecule has 2 aromatic rings. The van der Waals surface area contributed by atoms with Gasteiger partial charge in [0.05, 0.1) is 12.1 Å². The fourth-order valence-electron chi connectivity index (χ4n) is 1.70. The molecule has 2 rings (SSSR count). The van der Waals surface area contributed by atoms with Crippen molar-refractivity contribution < 1.29 is 0 Å². The normalized spacial score (nSPS) is 11.5. The summed E-state index contributed by atoms with van der Waals surface area (Å²) in [6.07, 6.45) is 0. The van der Waals surface area contributed by atoms with Crippen LogP contribution in [0.5, 0.6) is 0 Å². The van der Waals surface area contributed by atoms with E-state index in [2.05, 4.69) is 40.7 Å². The lowest BCUT2D eigenvalue weighted by molar-refractivity contribution is 0.396. The molecule has 0 aliphatic heterocycles. The first-order valence-electron chi connectivity index (χ1n) is 5.91. The fraction of sp³-hybridized carbons (Fsp3) is 0.500. The molecule has 0 saturated carbocycles. The SMILES string of the molecule is CN(C)CCNCCn1nnc2ccccc21. The average Bonchev–Trinajstić information content (AvgIpc) is 2.72. The van der Waals surface area contributed by atoms with Gasteiger partial charge in [0.15, 0.2) is 0 Å². The van der Waals surface area contributed by atoms with Crippen molar-refractivity contribution in [3.05, 3.63) is 24.3 Å². The number of aromatic nitrogens is 3. The van der Waals surface area contributed by atoms with Gasteiger partial charge in [-0.2, -0.15) is 0 Å². The van der Waals surface area contributed by atoms with Crippen molar-refractivity contribution in [1.29, 1.82) is 0 Å². The Bertz CT molecular complexity index is 463. The third-order valence-corrected chi connectivity index (χ3v) is 2.66. The molecule has 0 fully saturated rings. The minimum absolute atomic E-state index is 0.855. The van der Waals surface area contributed by atoms with Gasteiger partial charge < -0.3 is 10.2 Å². The van der Waals surface area contributed by atoms with Crippen LogP contribution < -0.4 is 5.32 Å². The van der Waals surface area contributed by atoms with Crippen molar-refractivity contribution in [2.24, 2.45) is 0 Å². The molecule has 1 aromatic heterocycles. The van der Waals surface area contributed by atoms with Crippen LogP contribution in [0, 0.1) is 0 Å². The number of nitrogens with one attached hydrogen (secondary N) is 1. The van der Waals surface area contributed by atoms with Gasteiger partial charge in [-0.05, 0) is 26.2 Å². The smallest absolute Gasteiger partial charge is 0.113 e. The maximum atomic E-state index is 4.14. The second kappa shape index (κ2) is 5.75. The Balaban J connectivity index is 1.83. The summed E-state index contributed by atoms with van der Waals surface area (Å²) in [6, 6.07) is 8.03. The summed E-state index contributed by atoms with van der Waals surface area (Å²) in [7, 11) is 4.15. The summed E-state index contributed by atoms with van der Waals surface area (Å²) in [6.45, 7) is 3.83. The first kappa shape index (κ1) is 12.0. The molecule has 0 radical (unpaired) electrons. The number of likely N-dealkylation sites (N-methyl/N-ethyl adjacent to an activating group) is 1. The lowest BCUT2D eigenvalue weighted by Gasteiger charge is -2.10. The summed E-state index contributed by atoms with van der Waals surface area (Å²) in [5.41, 5.74) is 2.06. The van der Waals surface area contributed by atoms with E-state index < -0.39 is 0 Å². The highest BCUT2D eigenvalue weighted by Gasteiger charge is 2.01. The molecule has 0 unspecified atom stereocenters. The average molecular weight is 233 g/mol. The van der Waals surface area contributed by atoms with Gasteiger partial charge in [0.1, 0.15) is 5.52 Å². The summed E-state index contributed by atoms with van der Waals surface area (Å²) in [5, 5.41) is 11.7. The minimum atomic E-state index is 0.855. The van der Waals surface area contributed by atoms with Gasteiger partial charge >= 0.3 is 0 Å². The number of rotatable bonds is 6. The Labute approximate surface area is 101 Å². The highest BCUT2D eigenvalue weighted by molar-refractivity contribution is 5.73.